The molecule has 0 fully saturated rings. The van der Waals surface area contributed by atoms with Crippen LogP contribution in [0.1, 0.15) is 15.9 Å². The predicted molar refractivity (Wildman–Crippen MR) is 130 cm³/mol. The largest absolute Gasteiger partial charge is 0.456 e. The standard InChI is InChI=1S/C26H20N2O4S/c1-17-9-12-21(13-10-17)33(30,31)28-20-6-4-5-18(15-20)26(29)27-19-11-14-23-22-7-2-3-8-24(22)32-25(23)16-19/h2-16,28H,1H3,(H,27,29). The number of rotatable bonds is 5. The zero-order valence-corrected chi connectivity index (χ0v) is 18.5. The van der Waals surface area contributed by atoms with E-state index in [2.05, 4.69) is 10.0 Å². The molecule has 2 N–H and O–H groups in total. The van der Waals surface area contributed by atoms with Crippen LogP contribution in [-0.4, -0.2) is 14.3 Å². The quantitative estimate of drug-likeness (QED) is 0.342. The normalized spacial score (nSPS) is 11.5. The van der Waals surface area contributed by atoms with E-state index in [0.717, 1.165) is 21.9 Å². The fourth-order valence-corrected chi connectivity index (χ4v) is 4.71. The van der Waals surface area contributed by atoms with E-state index in [0.29, 0.717) is 22.5 Å². The summed E-state index contributed by atoms with van der Waals surface area (Å²) in [6.45, 7) is 1.89. The fraction of sp³-hybridized carbons (Fsp3) is 0.0385. The Bertz CT molecular complexity index is 1600. The highest BCUT2D eigenvalue weighted by atomic mass is 32.2. The van der Waals surface area contributed by atoms with Crippen LogP contribution in [-0.2, 0) is 10.0 Å². The van der Waals surface area contributed by atoms with Crippen LogP contribution in [0.2, 0.25) is 0 Å². The monoisotopic (exact) mass is 456 g/mol. The van der Waals surface area contributed by atoms with Crippen molar-refractivity contribution >= 4 is 49.2 Å². The van der Waals surface area contributed by atoms with E-state index in [-0.39, 0.29) is 10.8 Å². The number of sulfonamides is 1. The number of furan rings is 1. The van der Waals surface area contributed by atoms with Crippen LogP contribution in [0.3, 0.4) is 0 Å². The van der Waals surface area contributed by atoms with Crippen molar-refractivity contribution in [3.8, 4) is 0 Å². The molecule has 6 nitrogen and oxygen atoms in total. The van der Waals surface area contributed by atoms with E-state index in [1.54, 1.807) is 48.5 Å². The number of nitrogens with one attached hydrogen (secondary N) is 2. The summed E-state index contributed by atoms with van der Waals surface area (Å²) in [6.07, 6.45) is 0. The van der Waals surface area contributed by atoms with E-state index in [1.807, 2.05) is 43.3 Å². The average Bonchev–Trinajstić information content (AvgIpc) is 3.17. The highest BCUT2D eigenvalue weighted by molar-refractivity contribution is 7.92. The fourth-order valence-electron chi connectivity index (χ4n) is 3.66. The molecule has 0 aliphatic rings. The molecule has 5 rings (SSSR count). The van der Waals surface area contributed by atoms with Gasteiger partial charge >= 0.3 is 0 Å². The molecule has 0 spiro atoms. The lowest BCUT2D eigenvalue weighted by molar-refractivity contribution is 0.102. The maximum atomic E-state index is 12.8. The van der Waals surface area contributed by atoms with Crippen LogP contribution in [0.5, 0.6) is 0 Å². The van der Waals surface area contributed by atoms with E-state index in [4.69, 9.17) is 4.42 Å². The van der Waals surface area contributed by atoms with Gasteiger partial charge in [-0.15, -0.1) is 0 Å². The Labute approximate surface area is 190 Å². The van der Waals surface area contributed by atoms with Gasteiger partial charge in [-0.3, -0.25) is 9.52 Å². The first-order chi connectivity index (χ1) is 15.9. The van der Waals surface area contributed by atoms with Crippen LogP contribution < -0.4 is 10.0 Å². The number of amides is 1. The van der Waals surface area contributed by atoms with Crippen molar-refractivity contribution in [3.05, 3.63) is 102 Å². The molecule has 0 atom stereocenters. The average molecular weight is 457 g/mol. The first-order valence-corrected chi connectivity index (χ1v) is 11.8. The van der Waals surface area contributed by atoms with Gasteiger partial charge in [-0.2, -0.15) is 0 Å². The minimum Gasteiger partial charge on any atom is -0.456 e. The Hall–Kier alpha value is -4.10. The second-order valence-corrected chi connectivity index (χ2v) is 9.45. The predicted octanol–water partition coefficient (Wildman–Crippen LogP) is 5.95. The minimum atomic E-state index is -3.76. The number of hydrogen-bond donors (Lipinski definition) is 2. The lowest BCUT2D eigenvalue weighted by atomic mass is 10.1. The smallest absolute Gasteiger partial charge is 0.261 e. The van der Waals surface area contributed by atoms with Crippen molar-refractivity contribution in [2.45, 2.75) is 11.8 Å². The molecule has 164 valence electrons. The van der Waals surface area contributed by atoms with E-state index < -0.39 is 10.0 Å². The van der Waals surface area contributed by atoms with Crippen molar-refractivity contribution in [2.24, 2.45) is 0 Å². The molecular formula is C26H20N2O4S. The number of carbonyl (C=O) groups is 1. The summed E-state index contributed by atoms with van der Waals surface area (Å²) in [5.41, 5.74) is 3.63. The maximum Gasteiger partial charge on any atom is 0.261 e. The SMILES string of the molecule is Cc1ccc(S(=O)(=O)Nc2cccc(C(=O)Nc3ccc4c(c3)oc3ccccc34)c2)cc1. The van der Waals surface area contributed by atoms with Crippen LogP contribution in [0.15, 0.2) is 100 Å². The first-order valence-electron chi connectivity index (χ1n) is 10.3. The van der Waals surface area contributed by atoms with Crippen LogP contribution in [0.4, 0.5) is 11.4 Å². The third kappa shape index (κ3) is 4.18. The minimum absolute atomic E-state index is 0.155. The zero-order valence-electron chi connectivity index (χ0n) is 17.7. The molecule has 7 heteroatoms. The molecule has 1 aromatic heterocycles. The number of para-hydroxylation sites is 1. The molecule has 0 saturated heterocycles. The van der Waals surface area contributed by atoms with Crippen LogP contribution in [0, 0.1) is 6.92 Å². The van der Waals surface area contributed by atoms with E-state index >= 15 is 0 Å². The van der Waals surface area contributed by atoms with Gasteiger partial charge in [0.1, 0.15) is 11.2 Å². The first kappa shape index (κ1) is 20.8. The van der Waals surface area contributed by atoms with Crippen molar-refractivity contribution in [3.63, 3.8) is 0 Å². The Morgan fingerprint density at radius 1 is 0.758 bits per heavy atom. The second kappa shape index (κ2) is 8.11. The van der Waals surface area contributed by atoms with Crippen molar-refractivity contribution in [1.82, 2.24) is 0 Å². The Morgan fingerprint density at radius 2 is 1.52 bits per heavy atom. The lowest BCUT2D eigenvalue weighted by Gasteiger charge is -2.10. The molecule has 0 saturated carbocycles. The van der Waals surface area contributed by atoms with Gasteiger partial charge in [0.15, 0.2) is 0 Å². The van der Waals surface area contributed by atoms with Crippen LogP contribution in [0.25, 0.3) is 21.9 Å². The molecule has 0 radical (unpaired) electrons. The summed E-state index contributed by atoms with van der Waals surface area (Å²) in [7, 11) is -3.76. The number of fused-ring (bicyclic) bond motifs is 3. The molecule has 0 bridgehead atoms. The van der Waals surface area contributed by atoms with Gasteiger partial charge in [0.2, 0.25) is 0 Å². The summed E-state index contributed by atoms with van der Waals surface area (Å²) in [6, 6.07) is 26.2. The number of carbonyl (C=O) groups excluding carboxylic acids is 1. The summed E-state index contributed by atoms with van der Waals surface area (Å²) in [4.78, 5) is 13.0. The van der Waals surface area contributed by atoms with Gasteiger partial charge in [0.25, 0.3) is 15.9 Å². The molecule has 0 unspecified atom stereocenters. The lowest BCUT2D eigenvalue weighted by Crippen LogP contribution is -2.15. The highest BCUT2D eigenvalue weighted by Crippen LogP contribution is 2.30. The Morgan fingerprint density at radius 3 is 2.33 bits per heavy atom. The Kier molecular flexibility index (Phi) is 5.11. The van der Waals surface area contributed by atoms with Crippen molar-refractivity contribution < 1.29 is 17.6 Å². The molecule has 5 aromatic rings. The number of aryl methyl sites for hydroxylation is 1. The zero-order chi connectivity index (χ0) is 23.0. The molecular weight excluding hydrogens is 436 g/mol. The van der Waals surface area contributed by atoms with Crippen molar-refractivity contribution in [1.29, 1.82) is 0 Å². The van der Waals surface area contributed by atoms with E-state index in [9.17, 15) is 13.2 Å². The van der Waals surface area contributed by atoms with Gasteiger partial charge in [0, 0.05) is 33.8 Å². The number of anilines is 2. The summed E-state index contributed by atoms with van der Waals surface area (Å²) >= 11 is 0. The third-order valence-electron chi connectivity index (χ3n) is 5.34. The third-order valence-corrected chi connectivity index (χ3v) is 6.74. The van der Waals surface area contributed by atoms with Crippen LogP contribution >= 0.6 is 0 Å². The maximum absolute atomic E-state index is 12.8. The summed E-state index contributed by atoms with van der Waals surface area (Å²) in [5.74, 6) is -0.359. The summed E-state index contributed by atoms with van der Waals surface area (Å²) < 4.78 is 33.7. The Balaban J connectivity index is 1.36. The van der Waals surface area contributed by atoms with Gasteiger partial charge in [-0.05, 0) is 55.5 Å². The number of hydrogen-bond acceptors (Lipinski definition) is 4. The van der Waals surface area contributed by atoms with Gasteiger partial charge in [0.05, 0.1) is 4.90 Å². The topological polar surface area (TPSA) is 88.4 Å². The van der Waals surface area contributed by atoms with Gasteiger partial charge < -0.3 is 9.73 Å². The van der Waals surface area contributed by atoms with Gasteiger partial charge in [-0.25, -0.2) is 8.42 Å². The van der Waals surface area contributed by atoms with Gasteiger partial charge in [-0.1, -0.05) is 42.0 Å². The van der Waals surface area contributed by atoms with E-state index in [1.165, 1.54) is 6.07 Å². The molecule has 33 heavy (non-hydrogen) atoms. The molecule has 4 aromatic carbocycles. The highest BCUT2D eigenvalue weighted by Gasteiger charge is 2.15. The molecule has 1 amide bonds. The van der Waals surface area contributed by atoms with Crippen molar-refractivity contribution in [2.75, 3.05) is 10.0 Å². The summed E-state index contributed by atoms with van der Waals surface area (Å²) in [5, 5.41) is 4.83. The molecule has 1 heterocycles. The molecule has 0 aliphatic heterocycles. The second-order valence-electron chi connectivity index (χ2n) is 7.76. The number of benzene rings is 4. The molecule has 0 aliphatic carbocycles.